The Balaban J connectivity index is 1.93. The van der Waals surface area contributed by atoms with E-state index >= 15 is 0 Å². The maximum atomic E-state index is 13.2. The molecule has 0 fully saturated rings. The van der Waals surface area contributed by atoms with Crippen LogP contribution in [0.15, 0.2) is 22.8 Å². The van der Waals surface area contributed by atoms with E-state index in [0.717, 1.165) is 11.1 Å². The van der Waals surface area contributed by atoms with Gasteiger partial charge in [0.15, 0.2) is 0 Å². The number of nitrogens with one attached hydrogen (secondary N) is 1. The van der Waals surface area contributed by atoms with Crippen molar-refractivity contribution in [3.05, 3.63) is 50.5 Å². The molecule has 9 heteroatoms. The standard InChI is InChI=1S/C16H14BrClFN3O3/c1-22-13(15(23)21-7-2-4-10(19)9(18)6-7)8-3-5-11(25-16(20)24)12(8)14(22)17/h2,4,6,11H,3,5H2,1H3,(H2,20,24)(H,21,23). The van der Waals surface area contributed by atoms with Gasteiger partial charge in [0.1, 0.15) is 17.6 Å². The van der Waals surface area contributed by atoms with Gasteiger partial charge in [-0.2, -0.15) is 0 Å². The quantitative estimate of drug-likeness (QED) is 0.774. The monoisotopic (exact) mass is 429 g/mol. The zero-order valence-electron chi connectivity index (χ0n) is 13.1. The number of carbonyl (C=O) groups excluding carboxylic acids is 2. The van der Waals surface area contributed by atoms with Crippen LogP contribution in [-0.4, -0.2) is 16.6 Å². The van der Waals surface area contributed by atoms with Crippen LogP contribution in [-0.2, 0) is 18.2 Å². The summed E-state index contributed by atoms with van der Waals surface area (Å²) in [5.41, 5.74) is 7.44. The second-order valence-electron chi connectivity index (χ2n) is 5.64. The van der Waals surface area contributed by atoms with Gasteiger partial charge in [0.2, 0.25) is 0 Å². The van der Waals surface area contributed by atoms with Crippen LogP contribution < -0.4 is 11.1 Å². The average molecular weight is 431 g/mol. The molecule has 1 aliphatic rings. The molecule has 0 saturated heterocycles. The number of nitrogens with zero attached hydrogens (tertiary/aromatic N) is 1. The van der Waals surface area contributed by atoms with Crippen molar-refractivity contribution in [3.8, 4) is 0 Å². The number of hydrogen-bond donors (Lipinski definition) is 2. The van der Waals surface area contributed by atoms with Gasteiger partial charge >= 0.3 is 6.09 Å². The summed E-state index contributed by atoms with van der Waals surface area (Å²) in [7, 11) is 1.72. The Kier molecular flexibility index (Phi) is 4.75. The number of anilines is 1. The molecule has 1 aromatic carbocycles. The predicted molar refractivity (Wildman–Crippen MR) is 94.2 cm³/mol. The van der Waals surface area contributed by atoms with E-state index in [4.69, 9.17) is 22.1 Å². The van der Waals surface area contributed by atoms with E-state index in [1.807, 2.05) is 0 Å². The van der Waals surface area contributed by atoms with Gasteiger partial charge in [0, 0.05) is 18.3 Å². The van der Waals surface area contributed by atoms with Crippen LogP contribution in [0, 0.1) is 5.82 Å². The van der Waals surface area contributed by atoms with E-state index in [1.54, 1.807) is 11.6 Å². The van der Waals surface area contributed by atoms with Crippen molar-refractivity contribution in [2.75, 3.05) is 5.32 Å². The van der Waals surface area contributed by atoms with Gasteiger partial charge in [-0.3, -0.25) is 4.79 Å². The molecule has 1 heterocycles. The Labute approximate surface area is 156 Å². The normalized spacial score (nSPS) is 15.8. The summed E-state index contributed by atoms with van der Waals surface area (Å²) in [5.74, 6) is -0.930. The predicted octanol–water partition coefficient (Wildman–Crippen LogP) is 3.92. The maximum absolute atomic E-state index is 13.2. The van der Waals surface area contributed by atoms with Crippen molar-refractivity contribution in [2.45, 2.75) is 18.9 Å². The lowest BCUT2D eigenvalue weighted by molar-refractivity contribution is 0.101. The molecule has 0 aliphatic heterocycles. The molecule has 0 saturated carbocycles. The number of aromatic nitrogens is 1. The number of fused-ring (bicyclic) bond motifs is 1. The third-order valence-corrected chi connectivity index (χ3v) is 5.34. The minimum absolute atomic E-state index is 0.0778. The minimum atomic E-state index is -0.861. The molecule has 3 rings (SSSR count). The van der Waals surface area contributed by atoms with Crippen molar-refractivity contribution in [3.63, 3.8) is 0 Å². The molecule has 6 nitrogen and oxygen atoms in total. The molecule has 2 amide bonds. The zero-order chi connectivity index (χ0) is 18.3. The van der Waals surface area contributed by atoms with Crippen molar-refractivity contribution in [2.24, 2.45) is 12.8 Å². The molecular weight excluding hydrogens is 417 g/mol. The highest BCUT2D eigenvalue weighted by Crippen LogP contribution is 2.42. The van der Waals surface area contributed by atoms with Gasteiger partial charge in [-0.25, -0.2) is 9.18 Å². The molecule has 0 spiro atoms. The largest absolute Gasteiger partial charge is 0.441 e. The highest BCUT2D eigenvalue weighted by molar-refractivity contribution is 9.10. The summed E-state index contributed by atoms with van der Waals surface area (Å²) in [4.78, 5) is 23.8. The van der Waals surface area contributed by atoms with E-state index in [1.165, 1.54) is 18.2 Å². The SMILES string of the molecule is Cn1c(Br)c2c(c1C(=O)Nc1ccc(F)c(Cl)c1)CCC2OC(N)=O. The lowest BCUT2D eigenvalue weighted by atomic mass is 10.1. The average Bonchev–Trinajstić information content (AvgIpc) is 3.03. The number of carbonyl (C=O) groups is 2. The summed E-state index contributed by atoms with van der Waals surface area (Å²) in [6.45, 7) is 0. The number of amides is 2. The number of ether oxygens (including phenoxy) is 1. The van der Waals surface area contributed by atoms with E-state index in [0.29, 0.717) is 28.8 Å². The first-order valence-electron chi connectivity index (χ1n) is 7.39. The fraction of sp³-hybridized carbons (Fsp3) is 0.250. The summed E-state index contributed by atoms with van der Waals surface area (Å²) in [6, 6.07) is 3.95. The van der Waals surface area contributed by atoms with Crippen LogP contribution in [0.2, 0.25) is 5.02 Å². The van der Waals surface area contributed by atoms with Crippen molar-refractivity contribution in [1.82, 2.24) is 4.57 Å². The molecule has 132 valence electrons. The summed E-state index contributed by atoms with van der Waals surface area (Å²) in [6.07, 6.45) is -0.231. The van der Waals surface area contributed by atoms with Crippen LogP contribution in [0.5, 0.6) is 0 Å². The minimum Gasteiger partial charge on any atom is -0.441 e. The van der Waals surface area contributed by atoms with Gasteiger partial charge < -0.3 is 20.4 Å². The van der Waals surface area contributed by atoms with Gasteiger partial charge in [-0.05, 0) is 52.5 Å². The number of primary amides is 1. The van der Waals surface area contributed by atoms with Crippen molar-refractivity contribution >= 4 is 45.2 Å². The highest BCUT2D eigenvalue weighted by atomic mass is 79.9. The number of benzene rings is 1. The molecule has 1 atom stereocenters. The van der Waals surface area contributed by atoms with Crippen LogP contribution >= 0.6 is 27.5 Å². The number of halogens is 3. The number of hydrogen-bond acceptors (Lipinski definition) is 3. The fourth-order valence-corrected chi connectivity index (χ4v) is 3.90. The fourth-order valence-electron chi connectivity index (χ4n) is 3.04. The van der Waals surface area contributed by atoms with Crippen molar-refractivity contribution < 1.29 is 18.7 Å². The summed E-state index contributed by atoms with van der Waals surface area (Å²) in [5, 5.41) is 2.62. The Morgan fingerprint density at radius 2 is 2.20 bits per heavy atom. The van der Waals surface area contributed by atoms with E-state index in [9.17, 15) is 14.0 Å². The first-order valence-corrected chi connectivity index (χ1v) is 8.56. The Morgan fingerprint density at radius 3 is 2.84 bits per heavy atom. The molecule has 0 radical (unpaired) electrons. The molecule has 1 unspecified atom stereocenters. The third kappa shape index (κ3) is 3.23. The molecule has 2 aromatic rings. The van der Waals surface area contributed by atoms with Gasteiger partial charge in [-0.1, -0.05) is 11.6 Å². The van der Waals surface area contributed by atoms with Crippen LogP contribution in [0.4, 0.5) is 14.9 Å². The van der Waals surface area contributed by atoms with Crippen LogP contribution in [0.25, 0.3) is 0 Å². The number of rotatable bonds is 3. The second-order valence-corrected chi connectivity index (χ2v) is 6.80. The topological polar surface area (TPSA) is 86.3 Å². The summed E-state index contributed by atoms with van der Waals surface area (Å²) >= 11 is 9.18. The molecule has 1 aromatic heterocycles. The number of nitrogens with two attached hydrogens (primary N) is 1. The summed E-state index contributed by atoms with van der Waals surface area (Å²) < 4.78 is 20.7. The Hall–Kier alpha value is -2.06. The molecule has 3 N–H and O–H groups in total. The first kappa shape index (κ1) is 17.8. The molecule has 25 heavy (non-hydrogen) atoms. The maximum Gasteiger partial charge on any atom is 0.405 e. The van der Waals surface area contributed by atoms with Gasteiger partial charge in [0.25, 0.3) is 5.91 Å². The van der Waals surface area contributed by atoms with Crippen LogP contribution in [0.3, 0.4) is 0 Å². The Morgan fingerprint density at radius 1 is 1.48 bits per heavy atom. The van der Waals surface area contributed by atoms with E-state index in [-0.39, 0.29) is 10.9 Å². The molecule has 1 aliphatic carbocycles. The molecular formula is C16H14BrClFN3O3. The Bertz CT molecular complexity index is 884. The smallest absolute Gasteiger partial charge is 0.405 e. The van der Waals surface area contributed by atoms with E-state index in [2.05, 4.69) is 21.2 Å². The van der Waals surface area contributed by atoms with Crippen molar-refractivity contribution in [1.29, 1.82) is 0 Å². The van der Waals surface area contributed by atoms with E-state index < -0.39 is 18.0 Å². The lowest BCUT2D eigenvalue weighted by Gasteiger charge is -2.11. The van der Waals surface area contributed by atoms with Crippen LogP contribution in [0.1, 0.15) is 34.1 Å². The highest BCUT2D eigenvalue weighted by Gasteiger charge is 2.35. The second kappa shape index (κ2) is 6.68. The first-order chi connectivity index (χ1) is 11.8. The molecule has 0 bridgehead atoms. The van der Waals surface area contributed by atoms with Gasteiger partial charge in [-0.15, -0.1) is 0 Å². The van der Waals surface area contributed by atoms with Gasteiger partial charge in [0.05, 0.1) is 9.63 Å². The zero-order valence-corrected chi connectivity index (χ0v) is 15.4. The lowest BCUT2D eigenvalue weighted by Crippen LogP contribution is -2.17. The third-order valence-electron chi connectivity index (χ3n) is 4.09.